The summed E-state index contributed by atoms with van der Waals surface area (Å²) in [5.41, 5.74) is 10.4. The van der Waals surface area contributed by atoms with Crippen molar-refractivity contribution in [1.82, 2.24) is 4.57 Å². The van der Waals surface area contributed by atoms with E-state index in [1.807, 2.05) is 24.3 Å². The summed E-state index contributed by atoms with van der Waals surface area (Å²) in [5.74, 6) is 0. The van der Waals surface area contributed by atoms with Crippen molar-refractivity contribution >= 4 is 28.0 Å². The van der Waals surface area contributed by atoms with E-state index in [0.29, 0.717) is 11.1 Å². The highest BCUT2D eigenvalue weighted by Crippen LogP contribution is 2.48. The van der Waals surface area contributed by atoms with Crippen LogP contribution in [0.2, 0.25) is 0 Å². The predicted molar refractivity (Wildman–Crippen MR) is 152 cm³/mol. The summed E-state index contributed by atoms with van der Waals surface area (Å²) >= 11 is 0. The third-order valence-electron chi connectivity index (χ3n) is 7.12. The summed E-state index contributed by atoms with van der Waals surface area (Å²) in [7, 11) is 0. The molecular formula is C34H20N4. The van der Waals surface area contributed by atoms with Crippen molar-refractivity contribution < 1.29 is 0 Å². The average Bonchev–Trinajstić information content (AvgIpc) is 3.32. The first-order valence-corrected chi connectivity index (χ1v) is 12.4. The molecule has 0 fully saturated rings. The molecule has 176 valence electrons. The summed E-state index contributed by atoms with van der Waals surface area (Å²) in [4.78, 5) is 2.30. The van der Waals surface area contributed by atoms with Crippen LogP contribution in [0.4, 0.5) is 17.1 Å². The Morgan fingerprint density at radius 3 is 2.00 bits per heavy atom. The highest BCUT2D eigenvalue weighted by molar-refractivity contribution is 5.99. The second-order valence-corrected chi connectivity index (χ2v) is 9.34. The van der Waals surface area contributed by atoms with Gasteiger partial charge in [-0.3, -0.25) is 0 Å². The number of nitrogens with zero attached hydrogens (tertiary/aromatic N) is 4. The second-order valence-electron chi connectivity index (χ2n) is 9.34. The zero-order valence-electron chi connectivity index (χ0n) is 20.3. The van der Waals surface area contributed by atoms with Gasteiger partial charge < -0.3 is 9.47 Å². The number of nitriles is 2. The van der Waals surface area contributed by atoms with Gasteiger partial charge in [-0.15, -0.1) is 0 Å². The third-order valence-corrected chi connectivity index (χ3v) is 7.12. The maximum absolute atomic E-state index is 9.51. The number of para-hydroxylation sites is 4. The monoisotopic (exact) mass is 484 g/mol. The Morgan fingerprint density at radius 2 is 1.21 bits per heavy atom. The first kappa shape index (κ1) is 21.7. The number of anilines is 3. The van der Waals surface area contributed by atoms with Crippen molar-refractivity contribution in [2.75, 3.05) is 4.90 Å². The van der Waals surface area contributed by atoms with E-state index >= 15 is 0 Å². The standard InChI is InChI=1S/C34H20N4/c35-21-23-16-24(22-36)18-27(17-23)25-9-7-10-28(19-25)37-31-13-4-2-11-29(31)34-20-26-8-1-3-12-30(26)38(34)33-15-6-5-14-32(33)37/h1-20H. The number of fused-ring (bicyclic) bond motifs is 7. The van der Waals surface area contributed by atoms with Crippen LogP contribution in [0.25, 0.3) is 39.0 Å². The van der Waals surface area contributed by atoms with Crippen molar-refractivity contribution in [1.29, 1.82) is 10.5 Å². The fraction of sp³-hybridized carbons (Fsp3) is 0. The van der Waals surface area contributed by atoms with Crippen LogP contribution in [0.5, 0.6) is 0 Å². The molecule has 0 saturated heterocycles. The molecule has 5 aromatic carbocycles. The maximum atomic E-state index is 9.51. The van der Waals surface area contributed by atoms with Gasteiger partial charge in [0.25, 0.3) is 0 Å². The lowest BCUT2D eigenvalue weighted by Gasteiger charge is -2.27. The van der Waals surface area contributed by atoms with E-state index in [9.17, 15) is 10.5 Å². The van der Waals surface area contributed by atoms with Crippen LogP contribution < -0.4 is 4.90 Å². The molecule has 0 spiro atoms. The van der Waals surface area contributed by atoms with Crippen molar-refractivity contribution in [2.45, 2.75) is 0 Å². The molecule has 38 heavy (non-hydrogen) atoms. The van der Waals surface area contributed by atoms with Gasteiger partial charge in [0, 0.05) is 16.6 Å². The van der Waals surface area contributed by atoms with Gasteiger partial charge in [-0.05, 0) is 71.8 Å². The van der Waals surface area contributed by atoms with E-state index in [1.165, 1.54) is 5.39 Å². The van der Waals surface area contributed by atoms with Gasteiger partial charge >= 0.3 is 0 Å². The molecule has 0 N–H and O–H groups in total. The minimum absolute atomic E-state index is 0.473. The molecule has 1 aliphatic heterocycles. The largest absolute Gasteiger partial charge is 0.308 e. The van der Waals surface area contributed by atoms with E-state index in [4.69, 9.17) is 0 Å². The highest BCUT2D eigenvalue weighted by atomic mass is 15.2. The van der Waals surface area contributed by atoms with E-state index in [0.717, 1.165) is 50.7 Å². The molecule has 0 amide bonds. The van der Waals surface area contributed by atoms with Gasteiger partial charge in [0.1, 0.15) is 0 Å². The fourth-order valence-electron chi connectivity index (χ4n) is 5.50. The summed E-state index contributed by atoms with van der Waals surface area (Å²) in [6.45, 7) is 0. The maximum Gasteiger partial charge on any atom is 0.0992 e. The van der Waals surface area contributed by atoms with Crippen molar-refractivity contribution in [3.05, 3.63) is 132 Å². The summed E-state index contributed by atoms with van der Waals surface area (Å²) < 4.78 is 2.35. The van der Waals surface area contributed by atoms with Crippen molar-refractivity contribution in [2.24, 2.45) is 0 Å². The number of aromatic nitrogens is 1. The zero-order valence-corrected chi connectivity index (χ0v) is 20.3. The Hall–Kier alpha value is -5.58. The van der Waals surface area contributed by atoms with Crippen molar-refractivity contribution in [3.8, 4) is 40.2 Å². The lowest BCUT2D eigenvalue weighted by Crippen LogP contribution is -2.11. The molecule has 4 nitrogen and oxygen atoms in total. The van der Waals surface area contributed by atoms with E-state index in [1.54, 1.807) is 6.07 Å². The van der Waals surface area contributed by atoms with Crippen LogP contribution in [-0.2, 0) is 0 Å². The van der Waals surface area contributed by atoms with Crippen LogP contribution in [0.1, 0.15) is 11.1 Å². The van der Waals surface area contributed by atoms with Crippen LogP contribution in [0.3, 0.4) is 0 Å². The van der Waals surface area contributed by atoms with Gasteiger partial charge in [-0.2, -0.15) is 10.5 Å². The highest BCUT2D eigenvalue weighted by Gasteiger charge is 2.27. The minimum Gasteiger partial charge on any atom is -0.308 e. The minimum atomic E-state index is 0.473. The van der Waals surface area contributed by atoms with Crippen LogP contribution >= 0.6 is 0 Å². The Labute approximate surface area is 220 Å². The second kappa shape index (κ2) is 8.52. The molecule has 0 unspecified atom stereocenters. The third kappa shape index (κ3) is 3.29. The van der Waals surface area contributed by atoms with Crippen LogP contribution in [0.15, 0.2) is 121 Å². The molecule has 6 aromatic rings. The molecule has 0 atom stereocenters. The molecule has 4 heteroatoms. The molecule has 0 bridgehead atoms. The van der Waals surface area contributed by atoms with Gasteiger partial charge in [0.2, 0.25) is 0 Å². The number of benzene rings is 5. The molecule has 2 heterocycles. The quantitative estimate of drug-likeness (QED) is 0.247. The first-order chi connectivity index (χ1) is 18.7. The Morgan fingerprint density at radius 1 is 0.526 bits per heavy atom. The van der Waals surface area contributed by atoms with Gasteiger partial charge in [-0.1, -0.05) is 60.7 Å². The van der Waals surface area contributed by atoms with Crippen LogP contribution in [-0.4, -0.2) is 4.57 Å². The first-order valence-electron chi connectivity index (χ1n) is 12.4. The lowest BCUT2D eigenvalue weighted by atomic mass is 9.99. The van der Waals surface area contributed by atoms with Gasteiger partial charge in [0.15, 0.2) is 0 Å². The van der Waals surface area contributed by atoms with E-state index in [2.05, 4.69) is 113 Å². The van der Waals surface area contributed by atoms with E-state index in [-0.39, 0.29) is 0 Å². The molecule has 7 rings (SSSR count). The molecule has 0 saturated carbocycles. The smallest absolute Gasteiger partial charge is 0.0992 e. The van der Waals surface area contributed by atoms with E-state index < -0.39 is 0 Å². The molecular weight excluding hydrogens is 464 g/mol. The SMILES string of the molecule is N#Cc1cc(C#N)cc(-c2cccc(N3c4ccccc4-c4cc5ccccc5n4-c4ccccc43)c2)c1. The number of hydrogen-bond donors (Lipinski definition) is 0. The normalized spacial score (nSPS) is 11.6. The molecule has 0 radical (unpaired) electrons. The van der Waals surface area contributed by atoms with Gasteiger partial charge in [-0.25, -0.2) is 0 Å². The zero-order chi connectivity index (χ0) is 25.6. The van der Waals surface area contributed by atoms with Crippen molar-refractivity contribution in [3.63, 3.8) is 0 Å². The summed E-state index contributed by atoms with van der Waals surface area (Å²) in [6, 6.07) is 45.7. The average molecular weight is 485 g/mol. The number of hydrogen-bond acceptors (Lipinski definition) is 3. The lowest BCUT2D eigenvalue weighted by molar-refractivity contribution is 1.14. The fourth-order valence-corrected chi connectivity index (χ4v) is 5.50. The molecule has 0 aliphatic carbocycles. The number of rotatable bonds is 2. The summed E-state index contributed by atoms with van der Waals surface area (Å²) in [6.07, 6.45) is 0. The topological polar surface area (TPSA) is 55.8 Å². The Kier molecular flexibility index (Phi) is 4.86. The summed E-state index contributed by atoms with van der Waals surface area (Å²) in [5, 5.41) is 20.2. The molecule has 1 aliphatic rings. The molecule has 1 aromatic heterocycles. The Balaban J connectivity index is 1.50. The Bertz CT molecular complexity index is 1930. The van der Waals surface area contributed by atoms with Gasteiger partial charge in [0.05, 0.1) is 51.5 Å². The predicted octanol–water partition coefficient (Wildman–Crippen LogP) is 8.49. The van der Waals surface area contributed by atoms with Crippen LogP contribution in [0, 0.1) is 22.7 Å².